The number of nitrogens with one attached hydrogen (secondary N) is 3. The number of azide groups is 2. The fourth-order valence-electron chi connectivity index (χ4n) is 8.93. The molecule has 8 aromatic heterocycles. The standard InChI is InChI=1S/C40H46N16O7.C16H15N5O2.C8H16N6O3/c41-39-47-35-33(43-25-45-35)37(49-39)62-21-29-5-1-27(2-6-29)19-60-23-31-17-55(53-51-31)9-11-57-13-15-59-16-14-58-12-10-56-18-32(52-54-56)24-61-20-28-3-7-30(8-4-28)22-63-38-34-36(46-26-44-34)48-40(42)50-38;1-2-7-22-8-11-3-5-12(6-4-11)9-23-15-13-14(19-10-18-13)20-16(17)21-15;9-13-11-1-3-15-5-7-17-8-6-16-4-2-12-14-10/h1-8,17-18,25-26H,9-16,19-24H2,(H3,41,43,45,47,49)(H3,42,44,46,48,50);1,3-6,10H,7-9H2,(H3,17,18,19,20,21);1-8H2. The quantitative estimate of drug-likeness (QED) is 0.00834. The van der Waals surface area contributed by atoms with Gasteiger partial charge in [-0.3, -0.25) is 0 Å². The number of hydrogen-bond donors (Lipinski definition) is 6. The Balaban J connectivity index is 0.000000250. The summed E-state index contributed by atoms with van der Waals surface area (Å²) in [6, 6.07) is 23.7. The number of nitrogens with zero attached hydrogens (tertiary/aromatic N) is 21. The average Bonchev–Trinajstić information content (AvgIpc) is 1.74. The zero-order chi connectivity index (χ0) is 71.7. The van der Waals surface area contributed by atoms with E-state index in [1.807, 2.05) is 85.2 Å². The third-order valence-corrected chi connectivity index (χ3v) is 13.9. The van der Waals surface area contributed by atoms with Gasteiger partial charge < -0.3 is 89.0 Å². The minimum Gasteiger partial charge on any atom is -0.471 e. The van der Waals surface area contributed by atoms with Gasteiger partial charge in [0.1, 0.15) is 54.4 Å². The zero-order valence-electron chi connectivity index (χ0n) is 56.1. The first-order valence-corrected chi connectivity index (χ1v) is 32.1. The number of rotatable bonds is 44. The first kappa shape index (κ1) is 75.4. The first-order chi connectivity index (χ1) is 50.7. The summed E-state index contributed by atoms with van der Waals surface area (Å²) in [5.74, 6) is 3.86. The van der Waals surface area contributed by atoms with Crippen molar-refractivity contribution in [3.05, 3.63) is 170 Å². The predicted molar refractivity (Wildman–Crippen MR) is 369 cm³/mol. The lowest BCUT2D eigenvalue weighted by Gasteiger charge is -2.08. The number of hydrogen-bond acceptors (Lipinski definition) is 30. The molecule has 0 atom stereocenters. The highest BCUT2D eigenvalue weighted by molar-refractivity contribution is 5.78. The van der Waals surface area contributed by atoms with Crippen LogP contribution >= 0.6 is 0 Å². The number of imidazole rings is 3. The molecule has 0 spiro atoms. The number of H-pyrrole nitrogens is 3. The maximum absolute atomic E-state index is 7.98. The van der Waals surface area contributed by atoms with Gasteiger partial charge in [0.25, 0.3) is 0 Å². The topological polar surface area (TPSA) is 511 Å². The molecule has 8 heterocycles. The third kappa shape index (κ3) is 26.7. The van der Waals surface area contributed by atoms with Crippen LogP contribution in [0.3, 0.4) is 0 Å². The SMILES string of the molecule is C#CCOCc1ccc(COc2nc(N)nc3nc[nH]c23)cc1.Nc1nc(OCc2ccc(COCc3cn(CCOCCOCCOCCn4cc(COCc5ccc(COc6nc(N)nc7nc[nH]c67)cc5)nn4)nn3)cc2)c2[nH]cnc2n1.[N-]=[N+]=NCCOCCOCCOCCN=[N+]=[N-]. The smallest absolute Gasteiger partial charge is 0.245 e. The van der Waals surface area contributed by atoms with Crippen LogP contribution < -0.4 is 31.4 Å². The van der Waals surface area contributed by atoms with E-state index in [2.05, 4.69) is 106 Å². The van der Waals surface area contributed by atoms with Gasteiger partial charge in [0, 0.05) is 22.9 Å². The molecule has 11 rings (SSSR count). The summed E-state index contributed by atoms with van der Waals surface area (Å²) in [6.45, 7) is 10.5. The summed E-state index contributed by atoms with van der Waals surface area (Å²) in [5, 5.41) is 23.3. The average molecular weight is 1420 g/mol. The normalized spacial score (nSPS) is 11.0. The van der Waals surface area contributed by atoms with Gasteiger partial charge in [0.15, 0.2) is 16.9 Å². The van der Waals surface area contributed by atoms with E-state index in [4.69, 9.17) is 91.5 Å². The minimum atomic E-state index is 0.104. The zero-order valence-corrected chi connectivity index (χ0v) is 56.1. The number of fused-ring (bicyclic) bond motifs is 3. The number of nitrogen functional groups attached to an aromatic ring is 3. The highest BCUT2D eigenvalue weighted by atomic mass is 16.6. The molecule has 0 radical (unpaired) electrons. The molecule has 39 nitrogen and oxygen atoms in total. The van der Waals surface area contributed by atoms with Gasteiger partial charge >= 0.3 is 0 Å². The Labute approximate surface area is 588 Å². The second kappa shape index (κ2) is 43.0. The lowest BCUT2D eigenvalue weighted by atomic mass is 10.1. The van der Waals surface area contributed by atoms with E-state index in [0.29, 0.717) is 216 Å². The number of anilines is 3. The maximum atomic E-state index is 7.98. The van der Waals surface area contributed by atoms with Crippen LogP contribution in [0.5, 0.6) is 17.6 Å². The van der Waals surface area contributed by atoms with Gasteiger partial charge in [0.2, 0.25) is 35.5 Å². The highest BCUT2D eigenvalue weighted by Gasteiger charge is 2.14. The number of terminal acetylenes is 1. The van der Waals surface area contributed by atoms with Crippen molar-refractivity contribution in [3.63, 3.8) is 0 Å². The Kier molecular flexibility index (Phi) is 31.5. The van der Waals surface area contributed by atoms with Crippen molar-refractivity contribution < 1.29 is 56.8 Å². The van der Waals surface area contributed by atoms with Crippen molar-refractivity contribution in [2.24, 2.45) is 10.2 Å². The summed E-state index contributed by atoms with van der Waals surface area (Å²) < 4.78 is 70.3. The molecule has 0 aliphatic rings. The molecular weight excluding hydrogens is 1340 g/mol. The molecule has 39 heteroatoms. The Morgan fingerprint density at radius 2 is 0.709 bits per heavy atom. The number of ether oxygens (including phenoxy) is 12. The molecule has 11 aromatic rings. The van der Waals surface area contributed by atoms with Crippen molar-refractivity contribution in [1.82, 2.24) is 89.8 Å². The number of nitrogens with two attached hydrogens (primary N) is 3. The molecule has 3 aromatic carbocycles. The molecule has 9 N–H and O–H groups in total. The molecule has 0 unspecified atom stereocenters. The fourth-order valence-corrected chi connectivity index (χ4v) is 8.93. The molecule has 103 heavy (non-hydrogen) atoms. The molecule has 0 amide bonds. The van der Waals surface area contributed by atoms with Crippen LogP contribution in [0, 0.1) is 12.3 Å². The Morgan fingerprint density at radius 3 is 1.04 bits per heavy atom. The van der Waals surface area contributed by atoms with Crippen molar-refractivity contribution >= 4 is 51.3 Å². The molecule has 0 fully saturated rings. The Bertz CT molecular complexity index is 4220. The van der Waals surface area contributed by atoms with E-state index in [-0.39, 0.29) is 17.8 Å². The van der Waals surface area contributed by atoms with E-state index in [1.54, 1.807) is 9.36 Å². The summed E-state index contributed by atoms with van der Waals surface area (Å²) in [4.78, 5) is 50.9. The van der Waals surface area contributed by atoms with Crippen LogP contribution in [-0.4, -0.2) is 189 Å². The molecule has 0 saturated carbocycles. The number of benzene rings is 3. The maximum Gasteiger partial charge on any atom is 0.245 e. The van der Waals surface area contributed by atoms with Crippen LogP contribution in [0.2, 0.25) is 0 Å². The van der Waals surface area contributed by atoms with Crippen molar-refractivity contribution in [2.75, 3.05) is 116 Å². The second-order valence-corrected chi connectivity index (χ2v) is 21.5. The molecular formula is C64H77N27O12. The van der Waals surface area contributed by atoms with E-state index in [1.165, 1.54) is 19.0 Å². The first-order valence-electron chi connectivity index (χ1n) is 32.1. The van der Waals surface area contributed by atoms with Gasteiger partial charge in [-0.15, -0.1) is 16.6 Å². The third-order valence-electron chi connectivity index (χ3n) is 13.9. The van der Waals surface area contributed by atoms with Gasteiger partial charge in [-0.25, -0.2) is 24.3 Å². The fraction of sp³-hybridized carbons (Fsp3) is 0.391. The highest BCUT2D eigenvalue weighted by Crippen LogP contribution is 2.24. The largest absolute Gasteiger partial charge is 0.471 e. The second-order valence-electron chi connectivity index (χ2n) is 21.5. The molecule has 0 saturated heterocycles. The van der Waals surface area contributed by atoms with Crippen LogP contribution in [0.1, 0.15) is 44.8 Å². The van der Waals surface area contributed by atoms with Crippen molar-refractivity contribution in [2.45, 2.75) is 65.9 Å². The van der Waals surface area contributed by atoms with Crippen LogP contribution in [0.4, 0.5) is 17.8 Å². The summed E-state index contributed by atoms with van der Waals surface area (Å²) in [5.41, 5.74) is 43.8. The van der Waals surface area contributed by atoms with E-state index >= 15 is 0 Å². The lowest BCUT2D eigenvalue weighted by molar-refractivity contribution is 0.0110. The molecule has 0 bridgehead atoms. The van der Waals surface area contributed by atoms with Gasteiger partial charge in [-0.2, -0.15) is 29.9 Å². The van der Waals surface area contributed by atoms with Gasteiger partial charge in [0.05, 0.1) is 157 Å². The number of aromatic nitrogens is 18. The van der Waals surface area contributed by atoms with Gasteiger partial charge in [-0.1, -0.05) is 99.4 Å². The Hall–Kier alpha value is -11.8. The molecule has 540 valence electrons. The van der Waals surface area contributed by atoms with E-state index < -0.39 is 0 Å². The number of aromatic amines is 3. The van der Waals surface area contributed by atoms with Crippen LogP contribution in [-0.2, 0) is 109 Å². The Morgan fingerprint density at radius 1 is 0.398 bits per heavy atom. The predicted octanol–water partition coefficient (Wildman–Crippen LogP) is 6.03. The van der Waals surface area contributed by atoms with Gasteiger partial charge in [-0.05, 0) is 44.4 Å². The van der Waals surface area contributed by atoms with Crippen LogP contribution in [0.15, 0.2) is 114 Å². The van der Waals surface area contributed by atoms with Crippen molar-refractivity contribution in [3.8, 4) is 30.0 Å². The monoisotopic (exact) mass is 1420 g/mol. The summed E-state index contributed by atoms with van der Waals surface area (Å²) in [7, 11) is 0. The summed E-state index contributed by atoms with van der Waals surface area (Å²) in [6.07, 6.45) is 13.4. The van der Waals surface area contributed by atoms with E-state index in [0.717, 1.165) is 44.8 Å². The minimum absolute atomic E-state index is 0.104. The molecule has 0 aliphatic carbocycles. The summed E-state index contributed by atoms with van der Waals surface area (Å²) >= 11 is 0. The molecule has 0 aliphatic heterocycles. The lowest BCUT2D eigenvalue weighted by Crippen LogP contribution is -2.14. The van der Waals surface area contributed by atoms with Crippen LogP contribution in [0.25, 0.3) is 54.4 Å². The van der Waals surface area contributed by atoms with E-state index in [9.17, 15) is 0 Å². The van der Waals surface area contributed by atoms with Crippen molar-refractivity contribution in [1.29, 1.82) is 0 Å².